The maximum atomic E-state index is 10.9. The molecule has 1 rings (SSSR count). The van der Waals surface area contributed by atoms with Gasteiger partial charge in [0.1, 0.15) is 9.84 Å². The Labute approximate surface area is 143 Å². The molecule has 0 heterocycles. The van der Waals surface area contributed by atoms with Crippen molar-refractivity contribution in [3.8, 4) is 0 Å². The number of ether oxygens (including phenoxy) is 1. The van der Waals surface area contributed by atoms with E-state index < -0.39 is 9.84 Å². The van der Waals surface area contributed by atoms with Gasteiger partial charge in [0, 0.05) is 31.4 Å². The number of sulfone groups is 1. The van der Waals surface area contributed by atoms with Gasteiger partial charge in [-0.05, 0) is 24.1 Å². The molecule has 23 heavy (non-hydrogen) atoms. The number of guanidine groups is 1. The summed E-state index contributed by atoms with van der Waals surface area (Å²) in [4.78, 5) is 4.11. The van der Waals surface area contributed by atoms with Crippen LogP contribution in [0.25, 0.3) is 0 Å². The topological polar surface area (TPSA) is 79.8 Å². The summed E-state index contributed by atoms with van der Waals surface area (Å²) >= 11 is 5.85. The fourth-order valence-electron chi connectivity index (χ4n) is 1.75. The lowest BCUT2D eigenvalue weighted by Gasteiger charge is -2.12. The number of benzene rings is 1. The van der Waals surface area contributed by atoms with Crippen molar-refractivity contribution in [1.29, 1.82) is 0 Å². The lowest BCUT2D eigenvalue weighted by Crippen LogP contribution is -2.39. The Kier molecular flexibility index (Phi) is 8.98. The van der Waals surface area contributed by atoms with E-state index in [9.17, 15) is 8.42 Å². The smallest absolute Gasteiger partial charge is 0.191 e. The van der Waals surface area contributed by atoms with E-state index in [1.54, 1.807) is 7.05 Å². The number of hydrogen-bond acceptors (Lipinski definition) is 4. The van der Waals surface area contributed by atoms with Crippen LogP contribution in [0.3, 0.4) is 0 Å². The predicted molar refractivity (Wildman–Crippen MR) is 95.1 cm³/mol. The largest absolute Gasteiger partial charge is 0.379 e. The highest BCUT2D eigenvalue weighted by molar-refractivity contribution is 7.90. The van der Waals surface area contributed by atoms with Crippen LogP contribution in [0.5, 0.6) is 0 Å². The first-order valence-electron chi connectivity index (χ1n) is 7.35. The molecule has 1 aromatic rings. The molecule has 0 unspecified atom stereocenters. The van der Waals surface area contributed by atoms with Crippen LogP contribution in [0, 0.1) is 0 Å². The van der Waals surface area contributed by atoms with Crippen molar-refractivity contribution >= 4 is 27.4 Å². The van der Waals surface area contributed by atoms with Crippen LogP contribution in [0.2, 0.25) is 5.02 Å². The Balaban J connectivity index is 2.13. The number of hydrogen-bond donors (Lipinski definition) is 2. The van der Waals surface area contributed by atoms with Crippen molar-refractivity contribution in [2.24, 2.45) is 4.99 Å². The molecule has 0 fully saturated rings. The number of rotatable bonds is 9. The van der Waals surface area contributed by atoms with Gasteiger partial charge >= 0.3 is 0 Å². The summed E-state index contributed by atoms with van der Waals surface area (Å²) in [5, 5.41) is 7.04. The molecular weight excluding hydrogens is 338 g/mol. The van der Waals surface area contributed by atoms with Crippen LogP contribution < -0.4 is 10.6 Å². The summed E-state index contributed by atoms with van der Waals surface area (Å²) in [7, 11) is -1.27. The third kappa shape index (κ3) is 10.1. The fourth-order valence-corrected chi connectivity index (χ4v) is 2.30. The Morgan fingerprint density at radius 2 is 1.83 bits per heavy atom. The molecule has 0 saturated carbocycles. The molecule has 8 heteroatoms. The van der Waals surface area contributed by atoms with Crippen molar-refractivity contribution in [2.75, 3.05) is 45.4 Å². The van der Waals surface area contributed by atoms with E-state index in [1.807, 2.05) is 24.3 Å². The molecule has 0 aliphatic carbocycles. The van der Waals surface area contributed by atoms with E-state index in [0.717, 1.165) is 18.0 Å². The normalized spacial score (nSPS) is 12.2. The third-order valence-electron chi connectivity index (χ3n) is 2.98. The van der Waals surface area contributed by atoms with Gasteiger partial charge in [-0.2, -0.15) is 0 Å². The molecule has 0 aliphatic heterocycles. The van der Waals surface area contributed by atoms with Gasteiger partial charge in [-0.15, -0.1) is 0 Å². The fraction of sp³-hybridized carbons (Fsp3) is 0.533. The van der Waals surface area contributed by atoms with Gasteiger partial charge < -0.3 is 15.4 Å². The highest BCUT2D eigenvalue weighted by Gasteiger charge is 2.02. The second-order valence-electron chi connectivity index (χ2n) is 5.04. The minimum Gasteiger partial charge on any atom is -0.379 e. The van der Waals surface area contributed by atoms with Crippen LogP contribution >= 0.6 is 11.6 Å². The summed E-state index contributed by atoms with van der Waals surface area (Å²) in [5.74, 6) is 0.729. The predicted octanol–water partition coefficient (Wildman–Crippen LogP) is 1.11. The minimum atomic E-state index is -2.96. The molecule has 0 spiro atoms. The van der Waals surface area contributed by atoms with Crippen LogP contribution in [-0.2, 0) is 21.0 Å². The average molecular weight is 362 g/mol. The first kappa shape index (κ1) is 19.7. The molecule has 0 radical (unpaired) electrons. The highest BCUT2D eigenvalue weighted by Crippen LogP contribution is 2.09. The Morgan fingerprint density at radius 1 is 1.17 bits per heavy atom. The van der Waals surface area contributed by atoms with Crippen LogP contribution in [-0.4, -0.2) is 59.7 Å². The second kappa shape index (κ2) is 10.5. The van der Waals surface area contributed by atoms with Gasteiger partial charge in [-0.1, -0.05) is 23.7 Å². The number of aliphatic imine (C=N–C) groups is 1. The first-order chi connectivity index (χ1) is 10.9. The van der Waals surface area contributed by atoms with Crippen LogP contribution in [0.1, 0.15) is 5.56 Å². The molecule has 0 amide bonds. The zero-order chi connectivity index (χ0) is 17.1. The van der Waals surface area contributed by atoms with E-state index >= 15 is 0 Å². The highest BCUT2D eigenvalue weighted by atomic mass is 35.5. The number of nitrogens with zero attached hydrogens (tertiary/aromatic N) is 1. The van der Waals surface area contributed by atoms with Crippen molar-refractivity contribution in [1.82, 2.24) is 10.6 Å². The number of nitrogens with one attached hydrogen (secondary N) is 2. The van der Waals surface area contributed by atoms with E-state index in [-0.39, 0.29) is 12.4 Å². The SMILES string of the molecule is CN=C(NCCOCCS(C)(=O)=O)NCCc1ccc(Cl)cc1. The molecule has 0 aliphatic rings. The lowest BCUT2D eigenvalue weighted by atomic mass is 10.1. The van der Waals surface area contributed by atoms with E-state index in [2.05, 4.69) is 15.6 Å². The molecule has 0 aromatic heterocycles. The standard InChI is InChI=1S/C15H24ClN3O3S/c1-17-15(19-9-10-22-11-12-23(2,20)21)18-8-7-13-3-5-14(16)6-4-13/h3-6H,7-12H2,1-2H3,(H2,17,18,19). The Hall–Kier alpha value is -1.31. The third-order valence-corrected chi connectivity index (χ3v) is 4.14. The zero-order valence-electron chi connectivity index (χ0n) is 13.5. The summed E-state index contributed by atoms with van der Waals surface area (Å²) in [6.45, 7) is 1.94. The molecule has 0 atom stereocenters. The molecule has 6 nitrogen and oxygen atoms in total. The summed E-state index contributed by atoms with van der Waals surface area (Å²) in [6.07, 6.45) is 2.06. The molecule has 0 bridgehead atoms. The van der Waals surface area contributed by atoms with Crippen molar-refractivity contribution in [3.05, 3.63) is 34.9 Å². The van der Waals surface area contributed by atoms with Gasteiger partial charge in [0.15, 0.2) is 5.96 Å². The summed E-state index contributed by atoms with van der Waals surface area (Å²) in [5.41, 5.74) is 1.20. The van der Waals surface area contributed by atoms with E-state index in [1.165, 1.54) is 11.8 Å². The van der Waals surface area contributed by atoms with Crippen LogP contribution in [0.15, 0.2) is 29.3 Å². The van der Waals surface area contributed by atoms with Crippen molar-refractivity contribution < 1.29 is 13.2 Å². The van der Waals surface area contributed by atoms with Crippen molar-refractivity contribution in [2.45, 2.75) is 6.42 Å². The Morgan fingerprint density at radius 3 is 2.43 bits per heavy atom. The average Bonchev–Trinajstić information content (AvgIpc) is 2.49. The van der Waals surface area contributed by atoms with Crippen molar-refractivity contribution in [3.63, 3.8) is 0 Å². The molecule has 130 valence electrons. The quantitative estimate of drug-likeness (QED) is 0.391. The van der Waals surface area contributed by atoms with Gasteiger partial charge in [0.25, 0.3) is 0 Å². The molecule has 2 N–H and O–H groups in total. The van der Waals surface area contributed by atoms with E-state index in [0.29, 0.717) is 19.1 Å². The first-order valence-corrected chi connectivity index (χ1v) is 9.79. The maximum Gasteiger partial charge on any atom is 0.191 e. The summed E-state index contributed by atoms with van der Waals surface area (Å²) < 4.78 is 27.1. The second-order valence-corrected chi connectivity index (χ2v) is 7.74. The van der Waals surface area contributed by atoms with Gasteiger partial charge in [0.2, 0.25) is 0 Å². The summed E-state index contributed by atoms with van der Waals surface area (Å²) in [6, 6.07) is 7.74. The maximum absolute atomic E-state index is 10.9. The lowest BCUT2D eigenvalue weighted by molar-refractivity contribution is 0.154. The number of halogens is 1. The van der Waals surface area contributed by atoms with Gasteiger partial charge in [-0.3, -0.25) is 4.99 Å². The minimum absolute atomic E-state index is 0.0427. The Bertz CT molecular complexity index is 588. The zero-order valence-corrected chi connectivity index (χ0v) is 15.1. The molecule has 0 saturated heterocycles. The van der Waals surface area contributed by atoms with Crippen LogP contribution in [0.4, 0.5) is 0 Å². The van der Waals surface area contributed by atoms with E-state index in [4.69, 9.17) is 16.3 Å². The monoisotopic (exact) mass is 361 g/mol. The van der Waals surface area contributed by atoms with Gasteiger partial charge in [0.05, 0.1) is 19.0 Å². The molecular formula is C15H24ClN3O3S. The van der Waals surface area contributed by atoms with Gasteiger partial charge in [-0.25, -0.2) is 8.42 Å². The molecule has 1 aromatic carbocycles.